The average Bonchev–Trinajstić information content (AvgIpc) is 2.61. The van der Waals surface area contributed by atoms with E-state index in [0.717, 1.165) is 45.4 Å². The summed E-state index contributed by atoms with van der Waals surface area (Å²) in [5.74, 6) is 0.214. The highest BCUT2D eigenvalue weighted by atomic mass is 16.5. The number of ether oxygens (including phenoxy) is 1. The minimum absolute atomic E-state index is 0.195. The fourth-order valence-electron chi connectivity index (χ4n) is 3.78. The molecule has 1 aromatic carbocycles. The Bertz CT molecular complexity index is 510. The molecule has 0 saturated heterocycles. The number of rotatable bonds is 11. The van der Waals surface area contributed by atoms with Crippen molar-refractivity contribution in [1.29, 1.82) is 0 Å². The standard InChI is InChI=1S/C21H34N2O2/c1-4-23(5-2)19(18-11-8-7-9-12-18)17-22-20(24)21(13-10-14-21)15-16-25-6-3/h7-9,11-12,19H,4-6,10,13-17H2,1-3H3,(H,22,24)/t19-/m0/s1. The fraction of sp³-hybridized carbons (Fsp3) is 0.667. The van der Waals surface area contributed by atoms with Gasteiger partial charge in [-0.25, -0.2) is 0 Å². The molecule has 1 amide bonds. The summed E-state index contributed by atoms with van der Waals surface area (Å²) in [6, 6.07) is 10.7. The molecule has 140 valence electrons. The van der Waals surface area contributed by atoms with Crippen LogP contribution >= 0.6 is 0 Å². The third-order valence-electron chi connectivity index (χ3n) is 5.61. The second-order valence-electron chi connectivity index (χ2n) is 6.94. The van der Waals surface area contributed by atoms with E-state index in [4.69, 9.17) is 4.74 Å². The SMILES string of the molecule is CCOCCC1(C(=O)NC[C@@H](c2ccccc2)N(CC)CC)CCC1. The Kier molecular flexibility index (Phi) is 7.91. The lowest BCUT2D eigenvalue weighted by Crippen LogP contribution is -2.48. The number of nitrogens with zero attached hydrogens (tertiary/aromatic N) is 1. The Morgan fingerprint density at radius 3 is 2.40 bits per heavy atom. The molecule has 0 heterocycles. The van der Waals surface area contributed by atoms with Crippen LogP contribution in [-0.2, 0) is 9.53 Å². The van der Waals surface area contributed by atoms with E-state index in [0.29, 0.717) is 13.2 Å². The van der Waals surface area contributed by atoms with E-state index in [1.807, 2.05) is 13.0 Å². The van der Waals surface area contributed by atoms with Crippen LogP contribution < -0.4 is 5.32 Å². The van der Waals surface area contributed by atoms with Crippen LogP contribution in [0.1, 0.15) is 58.1 Å². The summed E-state index contributed by atoms with van der Waals surface area (Å²) in [6.07, 6.45) is 3.98. The Hall–Kier alpha value is -1.39. The molecule has 1 N–H and O–H groups in total. The van der Waals surface area contributed by atoms with Gasteiger partial charge in [0.25, 0.3) is 0 Å². The van der Waals surface area contributed by atoms with Crippen LogP contribution in [0.4, 0.5) is 0 Å². The van der Waals surface area contributed by atoms with E-state index >= 15 is 0 Å². The third kappa shape index (κ3) is 5.05. The molecule has 0 aliphatic heterocycles. The zero-order chi connectivity index (χ0) is 18.1. The predicted octanol–water partition coefficient (Wildman–Crippen LogP) is 3.78. The highest BCUT2D eigenvalue weighted by Gasteiger charge is 2.43. The van der Waals surface area contributed by atoms with Gasteiger partial charge >= 0.3 is 0 Å². The number of hydrogen-bond donors (Lipinski definition) is 1. The Morgan fingerprint density at radius 2 is 1.88 bits per heavy atom. The summed E-state index contributed by atoms with van der Waals surface area (Å²) < 4.78 is 5.49. The van der Waals surface area contributed by atoms with Gasteiger partial charge in [-0.3, -0.25) is 9.69 Å². The van der Waals surface area contributed by atoms with Gasteiger partial charge in [0.05, 0.1) is 11.5 Å². The van der Waals surface area contributed by atoms with E-state index in [9.17, 15) is 4.79 Å². The van der Waals surface area contributed by atoms with E-state index in [2.05, 4.69) is 48.3 Å². The fourth-order valence-corrected chi connectivity index (χ4v) is 3.78. The van der Waals surface area contributed by atoms with Gasteiger partial charge in [0.2, 0.25) is 5.91 Å². The van der Waals surface area contributed by atoms with Crippen LogP contribution in [0.2, 0.25) is 0 Å². The van der Waals surface area contributed by atoms with Crippen molar-refractivity contribution in [3.05, 3.63) is 35.9 Å². The smallest absolute Gasteiger partial charge is 0.226 e. The molecule has 0 aromatic heterocycles. The molecule has 0 radical (unpaired) electrons. The van der Waals surface area contributed by atoms with Crippen molar-refractivity contribution >= 4 is 5.91 Å². The quantitative estimate of drug-likeness (QED) is 0.620. The average molecular weight is 347 g/mol. The molecule has 1 aromatic rings. The van der Waals surface area contributed by atoms with E-state index in [1.54, 1.807) is 0 Å². The third-order valence-corrected chi connectivity index (χ3v) is 5.61. The van der Waals surface area contributed by atoms with Gasteiger partial charge < -0.3 is 10.1 Å². The summed E-state index contributed by atoms with van der Waals surface area (Å²) in [5.41, 5.74) is 1.07. The lowest BCUT2D eigenvalue weighted by molar-refractivity contribution is -0.138. The molecule has 4 nitrogen and oxygen atoms in total. The van der Waals surface area contributed by atoms with Crippen LogP contribution in [-0.4, -0.2) is 43.7 Å². The lowest BCUT2D eigenvalue weighted by Gasteiger charge is -2.41. The minimum Gasteiger partial charge on any atom is -0.382 e. The number of benzene rings is 1. The first-order valence-corrected chi connectivity index (χ1v) is 9.82. The first kappa shape index (κ1) is 19.9. The van der Waals surface area contributed by atoms with Gasteiger partial charge in [-0.05, 0) is 44.8 Å². The maximum absolute atomic E-state index is 12.9. The molecular weight excluding hydrogens is 312 g/mol. The maximum atomic E-state index is 12.9. The second-order valence-corrected chi connectivity index (χ2v) is 6.94. The molecule has 4 heteroatoms. The number of carbonyl (C=O) groups excluding carboxylic acids is 1. The molecule has 1 saturated carbocycles. The summed E-state index contributed by atoms with van der Waals surface area (Å²) in [6.45, 7) is 10.4. The molecule has 1 atom stereocenters. The van der Waals surface area contributed by atoms with E-state index in [1.165, 1.54) is 5.56 Å². The van der Waals surface area contributed by atoms with Gasteiger partial charge in [0.15, 0.2) is 0 Å². The molecule has 1 aliphatic carbocycles. The second kappa shape index (κ2) is 9.93. The summed E-state index contributed by atoms with van der Waals surface area (Å²) >= 11 is 0. The topological polar surface area (TPSA) is 41.6 Å². The molecular formula is C21H34N2O2. The van der Waals surface area contributed by atoms with Gasteiger partial charge in [0.1, 0.15) is 0 Å². The van der Waals surface area contributed by atoms with Crippen LogP contribution in [0.25, 0.3) is 0 Å². The van der Waals surface area contributed by atoms with Crippen LogP contribution in [0.3, 0.4) is 0 Å². The van der Waals surface area contributed by atoms with Crippen molar-refractivity contribution in [3.63, 3.8) is 0 Å². The Labute approximate surface area is 152 Å². The highest BCUT2D eigenvalue weighted by Crippen LogP contribution is 2.44. The molecule has 0 spiro atoms. The molecule has 0 unspecified atom stereocenters. The molecule has 1 fully saturated rings. The van der Waals surface area contributed by atoms with Crippen molar-refractivity contribution in [2.45, 2.75) is 52.5 Å². The number of carbonyl (C=O) groups is 1. The van der Waals surface area contributed by atoms with E-state index < -0.39 is 0 Å². The van der Waals surface area contributed by atoms with Gasteiger partial charge in [-0.1, -0.05) is 50.6 Å². The first-order chi connectivity index (χ1) is 12.2. The summed E-state index contributed by atoms with van der Waals surface area (Å²) in [4.78, 5) is 15.3. The number of likely N-dealkylation sites (N-methyl/N-ethyl adjacent to an activating group) is 1. The van der Waals surface area contributed by atoms with Crippen molar-refractivity contribution in [1.82, 2.24) is 10.2 Å². The van der Waals surface area contributed by atoms with Crippen LogP contribution in [0, 0.1) is 5.41 Å². The van der Waals surface area contributed by atoms with Gasteiger partial charge in [-0.15, -0.1) is 0 Å². The minimum atomic E-state index is -0.195. The molecule has 25 heavy (non-hydrogen) atoms. The van der Waals surface area contributed by atoms with Crippen LogP contribution in [0.15, 0.2) is 30.3 Å². The first-order valence-electron chi connectivity index (χ1n) is 9.82. The molecule has 0 bridgehead atoms. The number of nitrogens with one attached hydrogen (secondary N) is 1. The van der Waals surface area contributed by atoms with Crippen molar-refractivity contribution in [3.8, 4) is 0 Å². The number of hydrogen-bond acceptors (Lipinski definition) is 3. The van der Waals surface area contributed by atoms with E-state index in [-0.39, 0.29) is 17.4 Å². The maximum Gasteiger partial charge on any atom is 0.226 e. The highest BCUT2D eigenvalue weighted by molar-refractivity contribution is 5.83. The number of amides is 1. The van der Waals surface area contributed by atoms with Crippen molar-refractivity contribution in [2.75, 3.05) is 32.8 Å². The van der Waals surface area contributed by atoms with Crippen molar-refractivity contribution < 1.29 is 9.53 Å². The molecule has 2 rings (SSSR count). The van der Waals surface area contributed by atoms with Crippen LogP contribution in [0.5, 0.6) is 0 Å². The zero-order valence-electron chi connectivity index (χ0n) is 16.1. The largest absolute Gasteiger partial charge is 0.382 e. The summed E-state index contributed by atoms with van der Waals surface area (Å²) in [5, 5.41) is 3.26. The zero-order valence-corrected chi connectivity index (χ0v) is 16.1. The lowest BCUT2D eigenvalue weighted by atomic mass is 9.66. The monoisotopic (exact) mass is 346 g/mol. The van der Waals surface area contributed by atoms with Gasteiger partial charge in [0, 0.05) is 19.8 Å². The van der Waals surface area contributed by atoms with Gasteiger partial charge in [-0.2, -0.15) is 0 Å². The predicted molar refractivity (Wildman–Crippen MR) is 103 cm³/mol. The Balaban J connectivity index is 2.00. The normalized spacial score (nSPS) is 17.1. The Morgan fingerprint density at radius 1 is 1.20 bits per heavy atom. The van der Waals surface area contributed by atoms with Crippen molar-refractivity contribution in [2.24, 2.45) is 5.41 Å². The summed E-state index contributed by atoms with van der Waals surface area (Å²) in [7, 11) is 0. The molecule has 1 aliphatic rings.